The van der Waals surface area contributed by atoms with Crippen molar-refractivity contribution in [1.82, 2.24) is 14.5 Å². The van der Waals surface area contributed by atoms with Crippen molar-refractivity contribution in [3.8, 4) is 0 Å². The van der Waals surface area contributed by atoms with Gasteiger partial charge in [0, 0.05) is 42.0 Å². The van der Waals surface area contributed by atoms with E-state index in [9.17, 15) is 9.59 Å². The largest absolute Gasteiger partial charge is 0.334 e. The average molecular weight is 317 g/mol. The van der Waals surface area contributed by atoms with Gasteiger partial charge < -0.3 is 4.57 Å². The number of hydrogen-bond acceptors (Lipinski definition) is 3. The highest BCUT2D eigenvalue weighted by Gasteiger charge is 2.31. The summed E-state index contributed by atoms with van der Waals surface area (Å²) in [6, 6.07) is 11.1. The van der Waals surface area contributed by atoms with Gasteiger partial charge in [-0.25, -0.2) is 4.98 Å². The number of nitrogens with zero attached hydrogens (tertiary/aromatic N) is 3. The third-order valence-corrected chi connectivity index (χ3v) is 4.19. The Bertz CT molecular complexity index is 907. The molecule has 2 amide bonds. The van der Waals surface area contributed by atoms with Gasteiger partial charge in [0.1, 0.15) is 0 Å². The molecule has 5 heteroatoms. The van der Waals surface area contributed by atoms with E-state index in [0.29, 0.717) is 17.7 Å². The highest BCUT2D eigenvalue weighted by molar-refractivity contribution is 6.25. The molecule has 118 valence electrons. The van der Waals surface area contributed by atoms with Crippen molar-refractivity contribution in [2.24, 2.45) is 0 Å². The molecule has 0 spiro atoms. The zero-order valence-electron chi connectivity index (χ0n) is 12.9. The van der Waals surface area contributed by atoms with Crippen LogP contribution in [-0.2, 0) is 6.54 Å². The van der Waals surface area contributed by atoms with E-state index in [4.69, 9.17) is 0 Å². The lowest BCUT2D eigenvalue weighted by Gasteiger charge is -2.26. The zero-order valence-corrected chi connectivity index (χ0v) is 12.9. The van der Waals surface area contributed by atoms with E-state index in [1.807, 2.05) is 47.2 Å². The maximum atomic E-state index is 12.7. The fourth-order valence-corrected chi connectivity index (χ4v) is 3.02. The van der Waals surface area contributed by atoms with Crippen LogP contribution in [0.15, 0.2) is 67.3 Å². The summed E-state index contributed by atoms with van der Waals surface area (Å²) in [7, 11) is 0. The monoisotopic (exact) mass is 317 g/mol. The minimum atomic E-state index is -0.239. The van der Waals surface area contributed by atoms with Gasteiger partial charge in [-0.2, -0.15) is 0 Å². The maximum Gasteiger partial charge on any atom is 0.261 e. The second-order valence-electron chi connectivity index (χ2n) is 5.66. The van der Waals surface area contributed by atoms with E-state index in [1.165, 1.54) is 4.90 Å². The van der Waals surface area contributed by atoms with Crippen LogP contribution in [0.5, 0.6) is 0 Å². The summed E-state index contributed by atoms with van der Waals surface area (Å²) in [4.78, 5) is 30.7. The maximum absolute atomic E-state index is 12.7. The molecule has 4 rings (SSSR count). The Balaban J connectivity index is 1.61. The quantitative estimate of drug-likeness (QED) is 0.549. The summed E-state index contributed by atoms with van der Waals surface area (Å²) < 4.78 is 1.91. The Morgan fingerprint density at radius 3 is 2.21 bits per heavy atom. The smallest absolute Gasteiger partial charge is 0.261 e. The lowest BCUT2D eigenvalue weighted by atomic mass is 9.94. The fourth-order valence-electron chi connectivity index (χ4n) is 3.02. The standard InChI is InChI=1S/C19H15N3O2/c23-18-15-7-3-5-14-6-4-8-16(17(14)15)19(24)22(18)11-2-1-10-21-12-9-20-13-21/h1-9,12-13H,10-11H2/b2-1+. The molecule has 0 bridgehead atoms. The molecular weight excluding hydrogens is 302 g/mol. The first-order chi connectivity index (χ1) is 11.8. The molecule has 1 aliphatic heterocycles. The summed E-state index contributed by atoms with van der Waals surface area (Å²) in [5.74, 6) is -0.479. The second kappa shape index (κ2) is 5.77. The second-order valence-corrected chi connectivity index (χ2v) is 5.66. The Labute approximate surface area is 138 Å². The van der Waals surface area contributed by atoms with Crippen molar-refractivity contribution in [1.29, 1.82) is 0 Å². The Morgan fingerprint density at radius 2 is 1.58 bits per heavy atom. The van der Waals surface area contributed by atoms with Crippen LogP contribution in [0.2, 0.25) is 0 Å². The van der Waals surface area contributed by atoms with Crippen molar-refractivity contribution in [2.75, 3.05) is 6.54 Å². The van der Waals surface area contributed by atoms with E-state index >= 15 is 0 Å². The van der Waals surface area contributed by atoms with Gasteiger partial charge in [-0.3, -0.25) is 14.5 Å². The molecule has 0 N–H and O–H groups in total. The third-order valence-electron chi connectivity index (χ3n) is 4.19. The van der Waals surface area contributed by atoms with Crippen LogP contribution < -0.4 is 0 Å². The van der Waals surface area contributed by atoms with E-state index in [1.54, 1.807) is 24.7 Å². The fraction of sp³-hybridized carbons (Fsp3) is 0.105. The summed E-state index contributed by atoms with van der Waals surface area (Å²) in [5.41, 5.74) is 1.18. The number of amides is 2. The van der Waals surface area contributed by atoms with E-state index in [-0.39, 0.29) is 18.4 Å². The molecule has 0 atom stereocenters. The molecule has 2 heterocycles. The van der Waals surface area contributed by atoms with Crippen molar-refractivity contribution >= 4 is 22.6 Å². The number of carbonyl (C=O) groups excluding carboxylic acids is 2. The number of carbonyl (C=O) groups is 2. The lowest BCUT2D eigenvalue weighted by molar-refractivity contribution is 0.0629. The van der Waals surface area contributed by atoms with Crippen LogP contribution in [0, 0.1) is 0 Å². The molecule has 1 aromatic heterocycles. The van der Waals surface area contributed by atoms with Gasteiger partial charge in [-0.05, 0) is 17.5 Å². The molecule has 0 saturated carbocycles. The molecule has 0 aliphatic carbocycles. The van der Waals surface area contributed by atoms with E-state index in [0.717, 1.165) is 10.8 Å². The number of aromatic nitrogens is 2. The van der Waals surface area contributed by atoms with Gasteiger partial charge in [-0.1, -0.05) is 36.4 Å². The van der Waals surface area contributed by atoms with Gasteiger partial charge in [0.15, 0.2) is 0 Å². The molecule has 24 heavy (non-hydrogen) atoms. The van der Waals surface area contributed by atoms with E-state index in [2.05, 4.69) is 4.98 Å². The summed E-state index contributed by atoms with van der Waals surface area (Å²) >= 11 is 0. The number of benzene rings is 2. The van der Waals surface area contributed by atoms with Crippen molar-refractivity contribution in [3.63, 3.8) is 0 Å². The first kappa shape index (κ1) is 14.4. The molecule has 1 aliphatic rings. The minimum absolute atomic E-state index is 0.239. The summed E-state index contributed by atoms with van der Waals surface area (Å²) in [5, 5.41) is 1.68. The summed E-state index contributed by atoms with van der Waals surface area (Å²) in [6.45, 7) is 0.916. The molecule has 0 saturated heterocycles. The van der Waals surface area contributed by atoms with Crippen LogP contribution in [0.25, 0.3) is 10.8 Å². The molecule has 5 nitrogen and oxygen atoms in total. The van der Waals surface area contributed by atoms with Gasteiger partial charge in [0.05, 0.1) is 6.33 Å². The number of imidazole rings is 1. The highest BCUT2D eigenvalue weighted by atomic mass is 16.2. The SMILES string of the molecule is O=C1c2cccc3cccc(c23)C(=O)N1C/C=C/Cn1ccnc1. The van der Waals surface area contributed by atoms with Crippen LogP contribution in [0.1, 0.15) is 20.7 Å². The van der Waals surface area contributed by atoms with Crippen molar-refractivity contribution in [3.05, 3.63) is 78.4 Å². The molecule has 0 unspecified atom stereocenters. The predicted molar refractivity (Wildman–Crippen MR) is 90.7 cm³/mol. The zero-order chi connectivity index (χ0) is 16.5. The van der Waals surface area contributed by atoms with Gasteiger partial charge in [0.25, 0.3) is 11.8 Å². The topological polar surface area (TPSA) is 55.2 Å². The molecular formula is C19H15N3O2. The van der Waals surface area contributed by atoms with Gasteiger partial charge in [0.2, 0.25) is 0 Å². The molecule has 0 radical (unpaired) electrons. The van der Waals surface area contributed by atoms with Crippen molar-refractivity contribution < 1.29 is 9.59 Å². The van der Waals surface area contributed by atoms with Gasteiger partial charge in [-0.15, -0.1) is 0 Å². The number of imide groups is 1. The third kappa shape index (κ3) is 2.31. The van der Waals surface area contributed by atoms with Gasteiger partial charge >= 0.3 is 0 Å². The molecule has 3 aromatic rings. The van der Waals surface area contributed by atoms with Crippen LogP contribution in [0.4, 0.5) is 0 Å². The number of hydrogen-bond donors (Lipinski definition) is 0. The average Bonchev–Trinajstić information content (AvgIpc) is 3.12. The Hall–Kier alpha value is -3.21. The Kier molecular flexibility index (Phi) is 3.46. The van der Waals surface area contributed by atoms with Crippen molar-refractivity contribution in [2.45, 2.75) is 6.54 Å². The normalized spacial score (nSPS) is 14.1. The Morgan fingerprint density at radius 1 is 0.917 bits per heavy atom. The van der Waals surface area contributed by atoms with Crippen LogP contribution in [0.3, 0.4) is 0 Å². The summed E-state index contributed by atoms with van der Waals surface area (Å²) in [6.07, 6.45) is 9.05. The van der Waals surface area contributed by atoms with Crippen LogP contribution in [-0.4, -0.2) is 32.8 Å². The number of rotatable bonds is 4. The lowest BCUT2D eigenvalue weighted by Crippen LogP contribution is -2.40. The number of allylic oxidation sites excluding steroid dienone is 1. The highest BCUT2D eigenvalue weighted by Crippen LogP contribution is 2.29. The molecule has 0 fully saturated rings. The van der Waals surface area contributed by atoms with Crippen LogP contribution >= 0.6 is 0 Å². The predicted octanol–water partition coefficient (Wildman–Crippen LogP) is 2.89. The first-order valence-corrected chi connectivity index (χ1v) is 7.74. The molecule has 2 aromatic carbocycles. The minimum Gasteiger partial charge on any atom is -0.334 e. The van der Waals surface area contributed by atoms with E-state index < -0.39 is 0 Å². The first-order valence-electron chi connectivity index (χ1n) is 7.74.